The number of hydrogen-bond acceptors (Lipinski definition) is 6. The first-order valence-corrected chi connectivity index (χ1v) is 14.7. The van der Waals surface area contributed by atoms with Gasteiger partial charge in [0, 0.05) is 18.5 Å². The molecule has 0 radical (unpaired) electrons. The zero-order chi connectivity index (χ0) is 30.9. The number of rotatable bonds is 12. The second kappa shape index (κ2) is 12.3. The van der Waals surface area contributed by atoms with E-state index in [-0.39, 0.29) is 41.8 Å². The molecule has 5 atom stereocenters. The zero-order valence-electron chi connectivity index (χ0n) is 25.5. The molecule has 0 aromatic heterocycles. The van der Waals surface area contributed by atoms with Crippen LogP contribution in [0.5, 0.6) is 0 Å². The van der Waals surface area contributed by atoms with Gasteiger partial charge < -0.3 is 26.6 Å². The quantitative estimate of drug-likeness (QED) is 0.206. The predicted molar refractivity (Wildman–Crippen MR) is 153 cm³/mol. The van der Waals surface area contributed by atoms with Crippen molar-refractivity contribution in [2.45, 2.75) is 111 Å². The number of fused-ring (bicyclic) bond motifs is 1. The fourth-order valence-corrected chi connectivity index (χ4v) is 6.16. The first-order chi connectivity index (χ1) is 19.0. The number of carbonyl (C=O) groups is 6. The number of nitrogens with two attached hydrogens (primary N) is 1. The molecular weight excluding hydrogens is 526 g/mol. The van der Waals surface area contributed by atoms with Gasteiger partial charge in [-0.3, -0.25) is 24.0 Å². The molecular formula is C30H47N5O6. The third-order valence-electron chi connectivity index (χ3n) is 9.05. The summed E-state index contributed by atoms with van der Waals surface area (Å²) in [5.41, 5.74) is 5.11. The molecule has 11 heteroatoms. The SMILES string of the molecule is C/C=C(\C)C(=O)CC[C@H](NC(=O)NC(C)(C)C)C(=O)N1CC2C([C@H]1C(=O)NC(CC1CCC1)C(=O)C(N)=O)C2(C)C. The topological polar surface area (TPSA) is 168 Å². The van der Waals surface area contributed by atoms with Crippen molar-refractivity contribution in [3.05, 3.63) is 11.6 Å². The maximum atomic E-state index is 14.0. The van der Waals surface area contributed by atoms with Gasteiger partial charge in [-0.1, -0.05) is 39.2 Å². The Morgan fingerprint density at radius 2 is 1.68 bits per heavy atom. The molecule has 2 aliphatic carbocycles. The average molecular weight is 574 g/mol. The van der Waals surface area contributed by atoms with E-state index >= 15 is 0 Å². The first-order valence-electron chi connectivity index (χ1n) is 14.7. The van der Waals surface area contributed by atoms with Gasteiger partial charge in [0.25, 0.3) is 5.91 Å². The number of amides is 5. The molecule has 3 aliphatic rings. The molecule has 5 amide bonds. The number of hydrogen-bond donors (Lipinski definition) is 4. The summed E-state index contributed by atoms with van der Waals surface area (Å²) >= 11 is 0. The number of carbonyl (C=O) groups excluding carboxylic acids is 6. The second-order valence-corrected chi connectivity index (χ2v) is 13.5. The average Bonchev–Trinajstić information content (AvgIpc) is 3.17. The number of likely N-dealkylation sites (tertiary alicyclic amines) is 1. The number of allylic oxidation sites excluding steroid dienone is 2. The molecule has 11 nitrogen and oxygen atoms in total. The molecule has 41 heavy (non-hydrogen) atoms. The smallest absolute Gasteiger partial charge is 0.315 e. The van der Waals surface area contributed by atoms with E-state index in [2.05, 4.69) is 16.0 Å². The van der Waals surface area contributed by atoms with Crippen molar-refractivity contribution < 1.29 is 28.8 Å². The highest BCUT2D eigenvalue weighted by molar-refractivity contribution is 6.37. The molecule has 1 saturated heterocycles. The maximum Gasteiger partial charge on any atom is 0.315 e. The lowest BCUT2D eigenvalue weighted by Gasteiger charge is -2.35. The Balaban J connectivity index is 1.84. The molecule has 2 saturated carbocycles. The van der Waals surface area contributed by atoms with Gasteiger partial charge in [0.05, 0.1) is 6.04 Å². The molecule has 0 aromatic rings. The number of piperidine rings is 1. The van der Waals surface area contributed by atoms with Gasteiger partial charge in [-0.15, -0.1) is 0 Å². The van der Waals surface area contributed by atoms with Gasteiger partial charge in [-0.05, 0) is 76.2 Å². The normalized spacial score (nSPS) is 24.8. The zero-order valence-corrected chi connectivity index (χ0v) is 25.5. The van der Waals surface area contributed by atoms with E-state index in [4.69, 9.17) is 5.73 Å². The largest absolute Gasteiger partial charge is 0.363 e. The lowest BCUT2D eigenvalue weighted by molar-refractivity contribution is -0.144. The van der Waals surface area contributed by atoms with Gasteiger partial charge in [-0.2, -0.15) is 0 Å². The Labute approximate surface area is 242 Å². The lowest BCUT2D eigenvalue weighted by atomic mass is 9.80. The van der Waals surface area contributed by atoms with Crippen LogP contribution in [0.15, 0.2) is 11.6 Å². The van der Waals surface area contributed by atoms with Crippen molar-refractivity contribution in [1.82, 2.24) is 20.9 Å². The molecule has 1 aliphatic heterocycles. The highest BCUT2D eigenvalue weighted by atomic mass is 16.2. The van der Waals surface area contributed by atoms with Crippen molar-refractivity contribution in [2.24, 2.45) is 28.9 Å². The molecule has 0 aromatic carbocycles. The number of primary amides is 1. The second-order valence-electron chi connectivity index (χ2n) is 13.5. The van der Waals surface area contributed by atoms with Gasteiger partial charge >= 0.3 is 6.03 Å². The highest BCUT2D eigenvalue weighted by Crippen LogP contribution is 2.65. The van der Waals surface area contributed by atoms with Crippen LogP contribution in [0.3, 0.4) is 0 Å². The number of ketones is 2. The summed E-state index contributed by atoms with van der Waals surface area (Å²) in [6.07, 6.45) is 5.00. The molecule has 228 valence electrons. The van der Waals surface area contributed by atoms with Crippen LogP contribution in [0, 0.1) is 23.2 Å². The summed E-state index contributed by atoms with van der Waals surface area (Å²) in [7, 11) is 0. The predicted octanol–water partition coefficient (Wildman–Crippen LogP) is 1.98. The molecule has 1 heterocycles. The number of nitrogens with zero attached hydrogens (tertiary/aromatic N) is 1. The standard InChI is InChI=1S/C30H47N5O6/c1-8-16(2)21(36)13-12-19(33-28(41)34-29(3,4)5)27(40)35-15-18-22(30(18,6)7)23(35)26(39)32-20(24(37)25(31)38)14-17-10-9-11-17/h8,17-20,22-23H,9-15H2,1-7H3,(H2,31,38)(H,32,39)(H2,33,34,41)/b16-8+/t18?,19-,20?,22?,23-/m0/s1. The fraction of sp³-hybridized carbons (Fsp3) is 0.733. The lowest BCUT2D eigenvalue weighted by Crippen LogP contribution is -2.59. The van der Waals surface area contributed by atoms with Gasteiger partial charge in [0.2, 0.25) is 17.6 Å². The number of nitrogens with one attached hydrogen (secondary N) is 3. The van der Waals surface area contributed by atoms with E-state index in [9.17, 15) is 28.8 Å². The van der Waals surface area contributed by atoms with Crippen LogP contribution in [0.2, 0.25) is 0 Å². The number of Topliss-reactive ketones (excluding diaryl/α,β-unsaturated/α-hetero) is 2. The van der Waals surface area contributed by atoms with Crippen LogP contribution < -0.4 is 21.7 Å². The molecule has 3 fully saturated rings. The van der Waals surface area contributed by atoms with E-state index in [0.29, 0.717) is 18.5 Å². The summed E-state index contributed by atoms with van der Waals surface area (Å²) < 4.78 is 0. The maximum absolute atomic E-state index is 14.0. The van der Waals surface area contributed by atoms with Crippen LogP contribution in [-0.2, 0) is 24.0 Å². The van der Waals surface area contributed by atoms with Gasteiger partial charge in [0.15, 0.2) is 5.78 Å². The van der Waals surface area contributed by atoms with Crippen LogP contribution in [0.25, 0.3) is 0 Å². The minimum Gasteiger partial charge on any atom is -0.363 e. The van der Waals surface area contributed by atoms with E-state index in [1.807, 2.05) is 34.6 Å². The molecule has 3 rings (SSSR count). The van der Waals surface area contributed by atoms with Crippen LogP contribution in [0.4, 0.5) is 4.79 Å². The highest BCUT2D eigenvalue weighted by Gasteiger charge is 2.69. The van der Waals surface area contributed by atoms with Crippen molar-refractivity contribution >= 4 is 35.3 Å². The van der Waals surface area contributed by atoms with Crippen LogP contribution >= 0.6 is 0 Å². The molecule has 0 bridgehead atoms. The Hall–Kier alpha value is -3.24. The monoisotopic (exact) mass is 573 g/mol. The van der Waals surface area contributed by atoms with Gasteiger partial charge in [-0.25, -0.2) is 4.79 Å². The Kier molecular flexibility index (Phi) is 9.70. The van der Waals surface area contributed by atoms with E-state index in [1.54, 1.807) is 19.9 Å². The van der Waals surface area contributed by atoms with Gasteiger partial charge in [0.1, 0.15) is 12.1 Å². The van der Waals surface area contributed by atoms with E-state index in [1.165, 1.54) is 4.90 Å². The third-order valence-corrected chi connectivity index (χ3v) is 9.05. The van der Waals surface area contributed by atoms with Crippen molar-refractivity contribution in [3.63, 3.8) is 0 Å². The summed E-state index contributed by atoms with van der Waals surface area (Å²) in [5, 5.41) is 8.27. The summed E-state index contributed by atoms with van der Waals surface area (Å²) in [6.45, 7) is 13.3. The summed E-state index contributed by atoms with van der Waals surface area (Å²) in [5.74, 6) is -2.90. The first kappa shape index (κ1) is 32.3. The Bertz CT molecular complexity index is 1120. The minimum absolute atomic E-state index is 0.0437. The Morgan fingerprint density at radius 1 is 1.05 bits per heavy atom. The summed E-state index contributed by atoms with van der Waals surface area (Å²) in [4.78, 5) is 78.9. The van der Waals surface area contributed by atoms with Crippen LogP contribution in [-0.4, -0.2) is 70.4 Å². The summed E-state index contributed by atoms with van der Waals surface area (Å²) in [6, 6.07) is -3.52. The van der Waals surface area contributed by atoms with Crippen molar-refractivity contribution in [2.75, 3.05) is 6.54 Å². The Morgan fingerprint density at radius 3 is 2.20 bits per heavy atom. The van der Waals surface area contributed by atoms with E-state index in [0.717, 1.165) is 19.3 Å². The molecule has 3 unspecified atom stereocenters. The fourth-order valence-electron chi connectivity index (χ4n) is 6.16. The van der Waals surface area contributed by atoms with E-state index < -0.39 is 53.2 Å². The van der Waals surface area contributed by atoms with Crippen molar-refractivity contribution in [3.8, 4) is 0 Å². The molecule has 0 spiro atoms. The minimum atomic E-state index is -1.10. The third kappa shape index (κ3) is 7.54. The van der Waals surface area contributed by atoms with Crippen LogP contribution in [0.1, 0.15) is 87.0 Å². The van der Waals surface area contributed by atoms with Crippen molar-refractivity contribution in [1.29, 1.82) is 0 Å². The number of urea groups is 1. The molecule has 5 N–H and O–H groups in total.